The van der Waals surface area contributed by atoms with Crippen molar-refractivity contribution in [1.82, 2.24) is 37.2 Å². The zero-order valence-corrected chi connectivity index (χ0v) is 61.1. The molecule has 0 aromatic heterocycles. The van der Waals surface area contributed by atoms with Gasteiger partial charge in [0.15, 0.2) is 36.2 Å². The maximum absolute atomic E-state index is 16.3. The molecule has 8 aliphatic heterocycles. The number of nitrogens with one attached hydrogen (secondary N) is 7. The molecular formula is C73H89ClN10O26. The number of aromatic hydroxyl groups is 3. The van der Waals surface area contributed by atoms with Crippen molar-refractivity contribution < 1.29 is 127 Å². The molecule has 0 radical (unpaired) electrons. The van der Waals surface area contributed by atoms with Gasteiger partial charge in [-0.05, 0) is 124 Å². The summed E-state index contributed by atoms with van der Waals surface area (Å²) in [6.45, 7) is 8.65. The van der Waals surface area contributed by atoms with Crippen LogP contribution in [0.2, 0.25) is 5.02 Å². The van der Waals surface area contributed by atoms with Crippen LogP contribution in [0, 0.1) is 5.92 Å². The molecule has 13 rings (SSSR count). The second-order valence-corrected chi connectivity index (χ2v) is 29.5. The number of carbonyl (C=O) groups excluding carboxylic acids is 7. The first-order valence-electron chi connectivity index (χ1n) is 35.2. The van der Waals surface area contributed by atoms with E-state index in [1.165, 1.54) is 77.2 Å². The van der Waals surface area contributed by atoms with E-state index in [0.29, 0.717) is 0 Å². The minimum Gasteiger partial charge on any atom is -0.508 e. The van der Waals surface area contributed by atoms with Crippen LogP contribution in [0.4, 0.5) is 0 Å². The molecule has 0 saturated carbocycles. The van der Waals surface area contributed by atoms with Gasteiger partial charge in [0.05, 0.1) is 48.5 Å². The van der Waals surface area contributed by atoms with Gasteiger partial charge in [-0.3, -0.25) is 33.6 Å². The number of benzene rings is 5. The number of hydrogen-bond acceptors (Lipinski definition) is 28. The fourth-order valence-corrected chi connectivity index (χ4v) is 14.4. The number of carbonyl (C=O) groups is 8. The third kappa shape index (κ3) is 17.3. The highest BCUT2D eigenvalue weighted by Crippen LogP contribution is 2.50. The third-order valence-electron chi connectivity index (χ3n) is 20.1. The lowest BCUT2D eigenvalue weighted by atomic mass is 9.86. The smallest absolute Gasteiger partial charge is 0.330 e. The highest BCUT2D eigenvalue weighted by atomic mass is 35.5. The summed E-state index contributed by atoms with van der Waals surface area (Å²) in [7, 11) is 1.49. The molecule has 3 saturated heterocycles. The normalized spacial score (nSPS) is 32.2. The summed E-state index contributed by atoms with van der Waals surface area (Å²) < 4.78 is 51.7. The Morgan fingerprint density at radius 2 is 1.27 bits per heavy atom. The number of rotatable bonds is 15. The number of halogens is 1. The van der Waals surface area contributed by atoms with E-state index in [4.69, 9.17) is 66.7 Å². The maximum Gasteiger partial charge on any atom is 0.330 e. The van der Waals surface area contributed by atoms with E-state index in [1.807, 2.05) is 13.8 Å². The molecule has 11 bridgehead atoms. The molecule has 7 amide bonds. The fourth-order valence-electron chi connectivity index (χ4n) is 14.2. The Bertz CT molecular complexity index is 4350. The van der Waals surface area contributed by atoms with Crippen molar-refractivity contribution in [3.05, 3.63) is 118 Å². The van der Waals surface area contributed by atoms with Crippen molar-refractivity contribution in [2.75, 3.05) is 13.7 Å². The molecule has 0 spiro atoms. The van der Waals surface area contributed by atoms with E-state index in [1.54, 1.807) is 0 Å². The highest BCUT2D eigenvalue weighted by molar-refractivity contribution is 6.32. The van der Waals surface area contributed by atoms with E-state index in [2.05, 4.69) is 37.2 Å². The van der Waals surface area contributed by atoms with Crippen LogP contribution in [0.5, 0.6) is 46.0 Å². The SMILES string of the molecule is CNC(CC(C)C)C(=O)NC1C(=O)NC(CC(N)=O)C(=O)NC2C(=O)NC3C(=O)NC(C(=O)NC(C(=O)O)c4cc(O)cc(O)c4-c4cc3ccc4O)C(OC3CC(C)(N)C(O)C(C)O3)c3ccc(c(Cl)c3)Oc3cc2cc(c3OC2OC(CO)C(O)C(O)C2OC2CC(C)(N)C(O)C(C)O2)Oc2ccc(cc2)C1O. The number of ether oxygens (including phenoxy) is 8. The van der Waals surface area contributed by atoms with Gasteiger partial charge in [-0.1, -0.05) is 49.7 Å². The third-order valence-corrected chi connectivity index (χ3v) is 20.4. The Kier molecular flexibility index (Phi) is 24.2. The molecule has 23 N–H and O–H groups in total. The van der Waals surface area contributed by atoms with Crippen LogP contribution >= 0.6 is 11.6 Å². The summed E-state index contributed by atoms with van der Waals surface area (Å²) >= 11 is 7.34. The second-order valence-electron chi connectivity index (χ2n) is 29.1. The first-order valence-corrected chi connectivity index (χ1v) is 35.6. The number of carboxylic acid groups (broad SMARTS) is 1. The van der Waals surface area contributed by atoms with Crippen LogP contribution in [-0.2, 0) is 62.0 Å². The molecule has 22 atom stereocenters. The molecule has 110 heavy (non-hydrogen) atoms. The number of carboxylic acids is 1. The van der Waals surface area contributed by atoms with E-state index >= 15 is 19.2 Å². The predicted octanol–water partition coefficient (Wildman–Crippen LogP) is -0.310. The van der Waals surface area contributed by atoms with Crippen LogP contribution in [0.25, 0.3) is 11.1 Å². The van der Waals surface area contributed by atoms with Gasteiger partial charge in [0.1, 0.15) is 89.5 Å². The highest BCUT2D eigenvalue weighted by Gasteiger charge is 2.52. The monoisotopic (exact) mass is 1560 g/mol. The first-order chi connectivity index (χ1) is 51.8. The summed E-state index contributed by atoms with van der Waals surface area (Å²) in [4.78, 5) is 120. The van der Waals surface area contributed by atoms with E-state index in [-0.39, 0.29) is 53.4 Å². The molecule has 594 valence electrons. The lowest BCUT2D eigenvalue weighted by Gasteiger charge is -2.47. The average Bonchev–Trinajstić information content (AvgIpc) is 0.766. The number of aliphatic hydroxyl groups is 6. The summed E-state index contributed by atoms with van der Waals surface area (Å²) in [6, 6.07) is 1.50. The van der Waals surface area contributed by atoms with Gasteiger partial charge in [-0.25, -0.2) is 4.79 Å². The number of phenols is 3. The van der Waals surface area contributed by atoms with Gasteiger partial charge in [0, 0.05) is 46.7 Å². The predicted molar refractivity (Wildman–Crippen MR) is 381 cm³/mol. The van der Waals surface area contributed by atoms with Gasteiger partial charge >= 0.3 is 5.97 Å². The zero-order valence-electron chi connectivity index (χ0n) is 60.4. The molecule has 3 fully saturated rings. The van der Waals surface area contributed by atoms with Crippen LogP contribution in [-0.4, -0.2) is 215 Å². The summed E-state index contributed by atoms with van der Waals surface area (Å²) in [6.07, 6.45) is -22.4. The second kappa shape index (κ2) is 32.8. The minimum atomic E-state index is -2.34. The Balaban J connectivity index is 1.18. The largest absolute Gasteiger partial charge is 0.508 e. The number of fused-ring (bicyclic) bond motifs is 15. The van der Waals surface area contributed by atoms with Crippen LogP contribution in [0.1, 0.15) is 125 Å². The van der Waals surface area contributed by atoms with Crippen molar-refractivity contribution in [1.29, 1.82) is 0 Å². The topological polar surface area (TPSA) is 575 Å². The molecule has 8 heterocycles. The van der Waals surface area contributed by atoms with Crippen molar-refractivity contribution in [2.45, 2.75) is 201 Å². The number of phenolic OH excluding ortho intramolecular Hbond substituents is 3. The fraction of sp³-hybridized carbons (Fsp3) is 0.479. The number of aliphatic carboxylic acids is 1. The van der Waals surface area contributed by atoms with E-state index in [9.17, 15) is 70.2 Å². The molecule has 0 aliphatic carbocycles. The number of aliphatic hydroxyl groups excluding tert-OH is 6. The van der Waals surface area contributed by atoms with Crippen molar-refractivity contribution in [2.24, 2.45) is 23.1 Å². The van der Waals surface area contributed by atoms with E-state index in [0.717, 1.165) is 42.5 Å². The molecular weight excluding hydrogens is 1470 g/mol. The van der Waals surface area contributed by atoms with Crippen molar-refractivity contribution in [3.63, 3.8) is 0 Å². The van der Waals surface area contributed by atoms with Gasteiger partial charge in [-0.15, -0.1) is 0 Å². The number of likely N-dealkylation sites (N-methyl/N-ethyl adjacent to an activating group) is 1. The van der Waals surface area contributed by atoms with Gasteiger partial charge in [-0.2, -0.15) is 0 Å². The lowest BCUT2D eigenvalue weighted by molar-refractivity contribution is -0.333. The lowest BCUT2D eigenvalue weighted by Crippen LogP contribution is -2.64. The molecule has 5 aromatic rings. The maximum atomic E-state index is 16.3. The summed E-state index contributed by atoms with van der Waals surface area (Å²) in [5, 5.41) is 132. The number of amides is 7. The van der Waals surface area contributed by atoms with Crippen molar-refractivity contribution >= 4 is 58.9 Å². The van der Waals surface area contributed by atoms with Gasteiger partial charge in [0.2, 0.25) is 53.4 Å². The van der Waals surface area contributed by atoms with E-state index < -0.39 is 255 Å². The molecule has 8 aliphatic rings. The first kappa shape index (κ1) is 81.4. The Labute approximate surface area is 633 Å². The Hall–Kier alpha value is -9.61. The van der Waals surface area contributed by atoms with Crippen LogP contribution < -0.4 is 68.6 Å². The molecule has 37 heteroatoms. The van der Waals surface area contributed by atoms with Gasteiger partial charge < -0.3 is 143 Å². The number of nitrogens with two attached hydrogens (primary N) is 3. The quantitative estimate of drug-likeness (QED) is 0.0639. The summed E-state index contributed by atoms with van der Waals surface area (Å²) in [5.74, 6) is -15.5. The zero-order chi connectivity index (χ0) is 80.0. The Morgan fingerprint density at radius 3 is 1.87 bits per heavy atom. The van der Waals surface area contributed by atoms with Gasteiger partial charge in [0.25, 0.3) is 0 Å². The minimum absolute atomic E-state index is 0.0558. The van der Waals surface area contributed by atoms with Crippen LogP contribution in [0.15, 0.2) is 84.9 Å². The number of primary amides is 1. The number of hydrogen-bond donors (Lipinski definition) is 20. The molecule has 36 nitrogen and oxygen atoms in total. The summed E-state index contributed by atoms with van der Waals surface area (Å²) in [5.41, 5.74) is 13.5. The van der Waals surface area contributed by atoms with Crippen LogP contribution in [0.3, 0.4) is 0 Å². The molecule has 5 aromatic carbocycles. The average molecular weight is 1560 g/mol. The van der Waals surface area contributed by atoms with Crippen molar-refractivity contribution in [3.8, 4) is 57.1 Å². The standard InChI is InChI=1S/C73H89ClN10O26/c1-27(2)16-39(78-7)64(95)83-54-56(90)30-8-12-35(13-9-30)105-44-19-33-20-45(60(44)110-71-61(58(92)57(91)46(26-85)107-71)109-49-25-73(6,77)63(94)29(4)104-49)106-43-15-11-32(18-38(43)74)59(108-48-24-72(5,76)62(93)28(3)103-48)55-69(100)82-53(70(101)102)37-21-34(86)22-42(88)50(37)36-17-31(10-14-41(36)87)51(66(97)84-55)81-67(98)52(33)80-65(96)40(23-47(75)89)79-68(54)99/h8-15,17-22,27-29,39-40,46,48-49,51-59,61-63,71,78,85-88,90-94H,16,23-26,76-77H2,1-7H3,(H2,75,89)(H,79,99)(H,80,96)(H,81,98)(H,82,100)(H,83,95)(H,84,97)(H,101,102). The molecule has 22 unspecified atom stereocenters. The Morgan fingerprint density at radius 1 is 0.673 bits per heavy atom.